The molecule has 8 atom stereocenters. The first kappa shape index (κ1) is 21.0. The maximum absolute atomic E-state index is 10.8. The molecule has 2 rings (SSSR count). The third kappa shape index (κ3) is 4.53. The van der Waals surface area contributed by atoms with E-state index in [9.17, 15) is 25.5 Å². The average molecular weight is 360 g/mol. The largest absolute Gasteiger partial charge is 0.395 e. The van der Waals surface area contributed by atoms with E-state index in [4.69, 9.17) is 0 Å². The van der Waals surface area contributed by atoms with Crippen LogP contribution in [0.2, 0.25) is 0 Å². The van der Waals surface area contributed by atoms with Gasteiger partial charge in [-0.3, -0.25) is 0 Å². The average Bonchev–Trinajstić information content (AvgIpc) is 2.88. The van der Waals surface area contributed by atoms with Crippen molar-refractivity contribution in [3.05, 3.63) is 0 Å². The number of rotatable bonds is 7. The number of hydrogen-bond acceptors (Lipinski definition) is 7. The topological polar surface area (TPSA) is 125 Å². The molecular weight excluding hydrogens is 324 g/mol. The molecule has 7 nitrogen and oxygen atoms in total. The summed E-state index contributed by atoms with van der Waals surface area (Å²) in [4.78, 5) is 0. The quantitative estimate of drug-likeness (QED) is 0.309. The highest BCUT2D eigenvalue weighted by Crippen LogP contribution is 2.37. The summed E-state index contributed by atoms with van der Waals surface area (Å²) in [5.74, 6) is -0.0162. The van der Waals surface area contributed by atoms with Crippen LogP contribution in [0.1, 0.15) is 46.5 Å². The van der Waals surface area contributed by atoms with Crippen LogP contribution in [0.4, 0.5) is 0 Å². The summed E-state index contributed by atoms with van der Waals surface area (Å²) < 4.78 is 0. The summed E-state index contributed by atoms with van der Waals surface area (Å²) in [6, 6.07) is -0.971. The Bertz CT molecular complexity index is 416. The van der Waals surface area contributed by atoms with Crippen molar-refractivity contribution in [1.82, 2.24) is 10.6 Å². The maximum atomic E-state index is 10.8. The summed E-state index contributed by atoms with van der Waals surface area (Å²) in [5, 5.41) is 57.1. The van der Waals surface area contributed by atoms with Crippen molar-refractivity contribution in [3.8, 4) is 0 Å². The Morgan fingerprint density at radius 3 is 2.24 bits per heavy atom. The van der Waals surface area contributed by atoms with Crippen molar-refractivity contribution in [3.63, 3.8) is 0 Å². The first-order valence-electron chi connectivity index (χ1n) is 9.52. The molecule has 2 aliphatic heterocycles. The zero-order valence-corrected chi connectivity index (χ0v) is 15.6. The van der Waals surface area contributed by atoms with Gasteiger partial charge in [-0.2, -0.15) is 0 Å². The second kappa shape index (κ2) is 8.61. The Labute approximate surface area is 150 Å². The second-order valence-corrected chi connectivity index (χ2v) is 8.49. The lowest BCUT2D eigenvalue weighted by Crippen LogP contribution is -2.54. The third-order valence-electron chi connectivity index (χ3n) is 6.52. The first-order chi connectivity index (χ1) is 11.7. The minimum absolute atomic E-state index is 0.0162. The molecule has 8 unspecified atom stereocenters. The smallest absolute Gasteiger partial charge is 0.0989 e. The van der Waals surface area contributed by atoms with E-state index < -0.39 is 35.9 Å². The Hall–Kier alpha value is -0.280. The summed E-state index contributed by atoms with van der Waals surface area (Å²) in [6.07, 6.45) is -0.135. The lowest BCUT2D eigenvalue weighted by Gasteiger charge is -2.42. The van der Waals surface area contributed by atoms with Crippen LogP contribution in [-0.2, 0) is 0 Å². The third-order valence-corrected chi connectivity index (χ3v) is 6.52. The van der Waals surface area contributed by atoms with Gasteiger partial charge in [0.15, 0.2) is 0 Å². The number of piperidine rings is 1. The standard InChI is InChI=1S/C18H36N2O5/c1-10(8-12-14(22)15(23)13(9-21)20-12)18(2,3)17(25)16(24)11-6-4-5-7-19-11/h10-17,19-25H,4-9H2,1-3H3. The van der Waals surface area contributed by atoms with Crippen LogP contribution in [0.15, 0.2) is 0 Å². The van der Waals surface area contributed by atoms with Crippen LogP contribution in [0.5, 0.6) is 0 Å². The minimum atomic E-state index is -0.993. The van der Waals surface area contributed by atoms with Gasteiger partial charge in [0.05, 0.1) is 37.1 Å². The fourth-order valence-electron chi connectivity index (χ4n) is 4.12. The highest BCUT2D eigenvalue weighted by atomic mass is 16.3. The predicted octanol–water partition coefficient (Wildman–Crippen LogP) is -1.04. The molecule has 2 saturated heterocycles. The van der Waals surface area contributed by atoms with Crippen molar-refractivity contribution >= 4 is 0 Å². The van der Waals surface area contributed by atoms with Crippen LogP contribution in [-0.4, -0.2) is 81.2 Å². The van der Waals surface area contributed by atoms with E-state index in [1.165, 1.54) is 0 Å². The molecule has 2 heterocycles. The molecule has 0 aromatic carbocycles. The van der Waals surface area contributed by atoms with Crippen LogP contribution < -0.4 is 10.6 Å². The molecule has 2 aliphatic rings. The number of nitrogens with one attached hydrogen (secondary N) is 2. The van der Waals surface area contributed by atoms with Gasteiger partial charge >= 0.3 is 0 Å². The van der Waals surface area contributed by atoms with Crippen molar-refractivity contribution in [1.29, 1.82) is 0 Å². The highest BCUT2D eigenvalue weighted by molar-refractivity contribution is 5.01. The summed E-state index contributed by atoms with van der Waals surface area (Å²) in [7, 11) is 0. The van der Waals surface area contributed by atoms with Crippen LogP contribution in [0, 0.1) is 11.3 Å². The number of hydrogen-bond donors (Lipinski definition) is 7. The zero-order chi connectivity index (χ0) is 18.8. The Balaban J connectivity index is 1.97. The molecule has 25 heavy (non-hydrogen) atoms. The van der Waals surface area contributed by atoms with E-state index in [0.717, 1.165) is 25.8 Å². The number of aliphatic hydroxyl groups is 5. The van der Waals surface area contributed by atoms with Gasteiger partial charge in [0.2, 0.25) is 0 Å². The molecule has 0 bridgehead atoms. The number of aliphatic hydroxyl groups excluding tert-OH is 5. The highest BCUT2D eigenvalue weighted by Gasteiger charge is 2.45. The molecule has 0 spiro atoms. The summed E-state index contributed by atoms with van der Waals surface area (Å²) in [5.41, 5.74) is -0.567. The molecular formula is C18H36N2O5. The second-order valence-electron chi connectivity index (χ2n) is 8.49. The van der Waals surface area contributed by atoms with Gasteiger partial charge in [0.25, 0.3) is 0 Å². The fraction of sp³-hybridized carbons (Fsp3) is 1.00. The Morgan fingerprint density at radius 2 is 1.72 bits per heavy atom. The molecule has 7 heteroatoms. The maximum Gasteiger partial charge on any atom is 0.0989 e. The van der Waals surface area contributed by atoms with Gasteiger partial charge in [0, 0.05) is 12.1 Å². The predicted molar refractivity (Wildman–Crippen MR) is 95.0 cm³/mol. The van der Waals surface area contributed by atoms with E-state index in [1.807, 2.05) is 20.8 Å². The monoisotopic (exact) mass is 360 g/mol. The lowest BCUT2D eigenvalue weighted by molar-refractivity contribution is -0.0917. The van der Waals surface area contributed by atoms with Crippen LogP contribution in [0.25, 0.3) is 0 Å². The van der Waals surface area contributed by atoms with E-state index in [1.54, 1.807) is 0 Å². The molecule has 7 N–H and O–H groups in total. The van der Waals surface area contributed by atoms with Crippen molar-refractivity contribution in [2.45, 2.75) is 89.0 Å². The van der Waals surface area contributed by atoms with Gasteiger partial charge in [-0.25, -0.2) is 0 Å². The van der Waals surface area contributed by atoms with Crippen LogP contribution in [0.3, 0.4) is 0 Å². The van der Waals surface area contributed by atoms with E-state index in [-0.39, 0.29) is 24.6 Å². The molecule has 0 aliphatic carbocycles. The van der Waals surface area contributed by atoms with E-state index in [0.29, 0.717) is 6.42 Å². The summed E-state index contributed by atoms with van der Waals surface area (Å²) in [6.45, 7) is 6.47. The van der Waals surface area contributed by atoms with Gasteiger partial charge in [0.1, 0.15) is 0 Å². The summed E-state index contributed by atoms with van der Waals surface area (Å²) >= 11 is 0. The zero-order valence-electron chi connectivity index (χ0n) is 15.6. The van der Waals surface area contributed by atoms with Gasteiger partial charge in [-0.1, -0.05) is 27.2 Å². The van der Waals surface area contributed by atoms with Gasteiger partial charge in [-0.05, 0) is 37.1 Å². The van der Waals surface area contributed by atoms with Gasteiger partial charge < -0.3 is 36.2 Å². The normalized spacial score (nSPS) is 37.7. The van der Waals surface area contributed by atoms with Gasteiger partial charge in [-0.15, -0.1) is 0 Å². The molecule has 0 saturated carbocycles. The molecule has 148 valence electrons. The van der Waals surface area contributed by atoms with Crippen molar-refractivity contribution < 1.29 is 25.5 Å². The molecule has 0 aromatic heterocycles. The van der Waals surface area contributed by atoms with Crippen molar-refractivity contribution in [2.75, 3.05) is 13.2 Å². The van der Waals surface area contributed by atoms with Crippen LogP contribution >= 0.6 is 0 Å². The molecule has 2 fully saturated rings. The van der Waals surface area contributed by atoms with E-state index >= 15 is 0 Å². The first-order valence-corrected chi connectivity index (χ1v) is 9.52. The SMILES string of the molecule is CC(CC1NC(CO)C(O)C1O)C(C)(C)C(O)C(O)C1CCCCN1. The fourth-order valence-corrected chi connectivity index (χ4v) is 4.12. The lowest BCUT2D eigenvalue weighted by atomic mass is 9.69. The minimum Gasteiger partial charge on any atom is -0.395 e. The van der Waals surface area contributed by atoms with Crippen molar-refractivity contribution in [2.24, 2.45) is 11.3 Å². The van der Waals surface area contributed by atoms with E-state index in [2.05, 4.69) is 10.6 Å². The Kier molecular flexibility index (Phi) is 7.24. The molecule has 0 aromatic rings. The molecule has 0 amide bonds. The molecule has 0 radical (unpaired) electrons. The Morgan fingerprint density at radius 1 is 1.08 bits per heavy atom.